The molecule has 5 nitrogen and oxygen atoms in total. The van der Waals surface area contributed by atoms with Crippen LogP contribution in [0.15, 0.2) is 12.1 Å². The first-order chi connectivity index (χ1) is 8.63. The second-order valence-electron chi connectivity index (χ2n) is 4.15. The van der Waals surface area contributed by atoms with Crippen molar-refractivity contribution in [2.45, 2.75) is 25.3 Å². The smallest absolute Gasteiger partial charge is 0.131 e. The Kier molecular flexibility index (Phi) is 5.74. The van der Waals surface area contributed by atoms with Gasteiger partial charge in [0.25, 0.3) is 0 Å². The minimum absolute atomic E-state index is 0.103. The SMILES string of the molecule is COc1cc(O)c([C@H](N)CCCCN)c(OC)c1. The average molecular weight is 254 g/mol. The maximum atomic E-state index is 10.00. The second kappa shape index (κ2) is 7.08. The maximum absolute atomic E-state index is 10.00. The lowest BCUT2D eigenvalue weighted by molar-refractivity contribution is 0.373. The fraction of sp³-hybridized carbons (Fsp3) is 0.538. The van der Waals surface area contributed by atoms with Crippen molar-refractivity contribution in [1.29, 1.82) is 0 Å². The first-order valence-corrected chi connectivity index (χ1v) is 6.04. The molecule has 0 spiro atoms. The molecular weight excluding hydrogens is 232 g/mol. The summed E-state index contributed by atoms with van der Waals surface area (Å²) >= 11 is 0. The minimum atomic E-state index is -0.266. The average Bonchev–Trinajstić information content (AvgIpc) is 2.37. The van der Waals surface area contributed by atoms with Crippen molar-refractivity contribution < 1.29 is 14.6 Å². The number of aromatic hydroxyl groups is 1. The summed E-state index contributed by atoms with van der Waals surface area (Å²) in [5.74, 6) is 1.20. The molecule has 0 amide bonds. The Labute approximate surface area is 108 Å². The number of phenolic OH excluding ortho intramolecular Hbond substituents is 1. The third-order valence-corrected chi connectivity index (χ3v) is 2.89. The van der Waals surface area contributed by atoms with Gasteiger partial charge in [0, 0.05) is 18.2 Å². The van der Waals surface area contributed by atoms with Crippen LogP contribution in [0.2, 0.25) is 0 Å². The predicted molar refractivity (Wildman–Crippen MR) is 71.0 cm³/mol. The Morgan fingerprint density at radius 3 is 2.50 bits per heavy atom. The molecule has 0 aliphatic carbocycles. The van der Waals surface area contributed by atoms with Crippen LogP contribution in [0.1, 0.15) is 30.9 Å². The van der Waals surface area contributed by atoms with Gasteiger partial charge in [-0.05, 0) is 19.4 Å². The van der Waals surface area contributed by atoms with E-state index in [2.05, 4.69) is 0 Å². The van der Waals surface area contributed by atoms with Gasteiger partial charge in [-0.25, -0.2) is 0 Å². The van der Waals surface area contributed by atoms with E-state index in [9.17, 15) is 5.11 Å². The number of phenols is 1. The van der Waals surface area contributed by atoms with Gasteiger partial charge in [-0.2, -0.15) is 0 Å². The molecule has 0 aliphatic heterocycles. The summed E-state index contributed by atoms with van der Waals surface area (Å²) in [6, 6.07) is 3.00. The predicted octanol–water partition coefficient (Wildman–Crippen LogP) is 1.54. The lowest BCUT2D eigenvalue weighted by atomic mass is 9.99. The van der Waals surface area contributed by atoms with Crippen LogP contribution >= 0.6 is 0 Å². The normalized spacial score (nSPS) is 12.2. The van der Waals surface area contributed by atoms with Crippen LogP contribution in [0.3, 0.4) is 0 Å². The standard InChI is InChI=1S/C13H22N2O3/c1-17-9-7-11(16)13(12(8-9)18-2)10(15)5-3-4-6-14/h7-8,10,16H,3-6,14-15H2,1-2H3/t10-/m1/s1. The van der Waals surface area contributed by atoms with E-state index in [0.29, 0.717) is 23.6 Å². The maximum Gasteiger partial charge on any atom is 0.131 e. The van der Waals surface area contributed by atoms with E-state index in [-0.39, 0.29) is 11.8 Å². The van der Waals surface area contributed by atoms with Crippen molar-refractivity contribution in [3.8, 4) is 17.2 Å². The largest absolute Gasteiger partial charge is 0.507 e. The highest BCUT2D eigenvalue weighted by Crippen LogP contribution is 2.38. The molecule has 0 saturated carbocycles. The Bertz CT molecular complexity index is 383. The highest BCUT2D eigenvalue weighted by Gasteiger charge is 2.18. The topological polar surface area (TPSA) is 90.7 Å². The van der Waals surface area contributed by atoms with Gasteiger partial charge >= 0.3 is 0 Å². The van der Waals surface area contributed by atoms with Crippen molar-refractivity contribution in [2.75, 3.05) is 20.8 Å². The third kappa shape index (κ3) is 3.51. The number of unbranched alkanes of at least 4 members (excludes halogenated alkanes) is 1. The Morgan fingerprint density at radius 2 is 1.94 bits per heavy atom. The van der Waals surface area contributed by atoms with Crippen molar-refractivity contribution >= 4 is 0 Å². The van der Waals surface area contributed by atoms with Crippen LogP contribution in [-0.2, 0) is 0 Å². The van der Waals surface area contributed by atoms with E-state index in [1.54, 1.807) is 19.2 Å². The van der Waals surface area contributed by atoms with Crippen LogP contribution in [0.4, 0.5) is 0 Å². The summed E-state index contributed by atoms with van der Waals surface area (Å²) < 4.78 is 10.3. The molecule has 0 fully saturated rings. The molecule has 0 aromatic heterocycles. The zero-order valence-corrected chi connectivity index (χ0v) is 11.0. The highest BCUT2D eigenvalue weighted by molar-refractivity contribution is 5.51. The summed E-state index contributed by atoms with van der Waals surface area (Å²) in [5.41, 5.74) is 12.1. The van der Waals surface area contributed by atoms with Crippen LogP contribution in [0.5, 0.6) is 17.2 Å². The van der Waals surface area contributed by atoms with E-state index < -0.39 is 0 Å². The van der Waals surface area contributed by atoms with Crippen molar-refractivity contribution in [1.82, 2.24) is 0 Å². The quantitative estimate of drug-likeness (QED) is 0.642. The second-order valence-corrected chi connectivity index (χ2v) is 4.15. The number of methoxy groups -OCH3 is 2. The van der Waals surface area contributed by atoms with E-state index in [4.69, 9.17) is 20.9 Å². The molecule has 5 N–H and O–H groups in total. The number of nitrogens with two attached hydrogens (primary N) is 2. The zero-order chi connectivity index (χ0) is 13.5. The van der Waals surface area contributed by atoms with Gasteiger partial charge in [0.1, 0.15) is 17.2 Å². The van der Waals surface area contributed by atoms with Gasteiger partial charge in [0.2, 0.25) is 0 Å². The molecule has 1 atom stereocenters. The molecule has 1 aromatic carbocycles. The third-order valence-electron chi connectivity index (χ3n) is 2.89. The van der Waals surface area contributed by atoms with Crippen LogP contribution in [0, 0.1) is 0 Å². The summed E-state index contributed by atoms with van der Waals surface area (Å²) in [6.45, 7) is 0.651. The van der Waals surface area contributed by atoms with Gasteiger partial charge in [-0.15, -0.1) is 0 Å². The summed E-state index contributed by atoms with van der Waals surface area (Å²) in [6.07, 6.45) is 2.60. The molecule has 0 unspecified atom stereocenters. The van der Waals surface area contributed by atoms with E-state index in [0.717, 1.165) is 19.3 Å². The van der Waals surface area contributed by atoms with Crippen molar-refractivity contribution in [2.24, 2.45) is 11.5 Å². The van der Waals surface area contributed by atoms with E-state index in [1.165, 1.54) is 7.11 Å². The molecule has 0 aliphatic rings. The lowest BCUT2D eigenvalue weighted by Gasteiger charge is -2.18. The summed E-state index contributed by atoms with van der Waals surface area (Å²) in [4.78, 5) is 0. The van der Waals surface area contributed by atoms with Gasteiger partial charge in [-0.3, -0.25) is 0 Å². The molecule has 0 saturated heterocycles. The molecule has 1 rings (SSSR count). The molecular formula is C13H22N2O3. The minimum Gasteiger partial charge on any atom is -0.507 e. The fourth-order valence-corrected chi connectivity index (χ4v) is 1.90. The lowest BCUT2D eigenvalue weighted by Crippen LogP contribution is -2.12. The number of hydrogen-bond acceptors (Lipinski definition) is 5. The van der Waals surface area contributed by atoms with E-state index in [1.807, 2.05) is 0 Å². The van der Waals surface area contributed by atoms with Gasteiger partial charge in [0.05, 0.1) is 19.8 Å². The number of ether oxygens (including phenoxy) is 2. The zero-order valence-electron chi connectivity index (χ0n) is 11.0. The number of rotatable bonds is 7. The van der Waals surface area contributed by atoms with Crippen LogP contribution in [0.25, 0.3) is 0 Å². The first-order valence-electron chi connectivity index (χ1n) is 6.04. The molecule has 0 bridgehead atoms. The fourth-order valence-electron chi connectivity index (χ4n) is 1.90. The molecule has 102 valence electrons. The van der Waals surface area contributed by atoms with Gasteiger partial charge in [-0.1, -0.05) is 6.42 Å². The van der Waals surface area contributed by atoms with E-state index >= 15 is 0 Å². The summed E-state index contributed by atoms with van der Waals surface area (Å²) in [7, 11) is 3.08. The molecule has 18 heavy (non-hydrogen) atoms. The van der Waals surface area contributed by atoms with Crippen LogP contribution < -0.4 is 20.9 Å². The number of hydrogen-bond donors (Lipinski definition) is 3. The molecule has 5 heteroatoms. The highest BCUT2D eigenvalue weighted by atomic mass is 16.5. The monoisotopic (exact) mass is 254 g/mol. The van der Waals surface area contributed by atoms with Gasteiger partial charge in [0.15, 0.2) is 0 Å². The Morgan fingerprint density at radius 1 is 1.22 bits per heavy atom. The first kappa shape index (κ1) is 14.6. The molecule has 0 radical (unpaired) electrons. The van der Waals surface area contributed by atoms with Crippen LogP contribution in [-0.4, -0.2) is 25.9 Å². The summed E-state index contributed by atoms with van der Waals surface area (Å²) in [5, 5.41) is 10.00. The van der Waals surface area contributed by atoms with Crippen molar-refractivity contribution in [3.63, 3.8) is 0 Å². The Hall–Kier alpha value is -1.46. The number of benzene rings is 1. The Balaban J connectivity index is 2.92. The molecule has 1 aromatic rings. The van der Waals surface area contributed by atoms with Gasteiger partial charge < -0.3 is 26.0 Å². The molecule has 0 heterocycles. The van der Waals surface area contributed by atoms with Crippen molar-refractivity contribution in [3.05, 3.63) is 17.7 Å².